The van der Waals surface area contributed by atoms with Crippen molar-refractivity contribution < 1.29 is 19.7 Å². The monoisotopic (exact) mass is 176 g/mol. The van der Waals surface area contributed by atoms with Crippen LogP contribution in [-0.2, 0) is 9.53 Å². The maximum atomic E-state index is 10.6. The summed E-state index contributed by atoms with van der Waals surface area (Å²) in [6, 6.07) is 0. The second-order valence-electron chi connectivity index (χ2n) is 3.66. The van der Waals surface area contributed by atoms with Crippen LogP contribution in [0.25, 0.3) is 0 Å². The van der Waals surface area contributed by atoms with Crippen LogP contribution in [-0.4, -0.2) is 27.6 Å². The van der Waals surface area contributed by atoms with Gasteiger partial charge < -0.3 is 14.9 Å². The van der Waals surface area contributed by atoms with Crippen LogP contribution >= 0.6 is 0 Å². The fourth-order valence-corrected chi connectivity index (χ4v) is 0.774. The highest BCUT2D eigenvalue weighted by Crippen LogP contribution is 2.21. The summed E-state index contributed by atoms with van der Waals surface area (Å²) in [5.41, 5.74) is -0.664. The first-order chi connectivity index (χ1) is 5.21. The van der Waals surface area contributed by atoms with E-state index in [0.29, 0.717) is 0 Å². The normalized spacial score (nSPS) is 17.1. The molecule has 4 nitrogen and oxygen atoms in total. The van der Waals surface area contributed by atoms with Gasteiger partial charge in [-0.1, -0.05) is 6.92 Å². The Morgan fingerprint density at radius 3 is 1.92 bits per heavy atom. The molecule has 0 amide bonds. The van der Waals surface area contributed by atoms with Gasteiger partial charge in [-0.2, -0.15) is 0 Å². The van der Waals surface area contributed by atoms with Gasteiger partial charge in [0, 0.05) is 6.42 Å². The van der Waals surface area contributed by atoms with E-state index >= 15 is 0 Å². The highest BCUT2D eigenvalue weighted by atomic mass is 16.7. The Balaban J connectivity index is 4.46. The molecule has 0 aromatic rings. The Morgan fingerprint density at radius 1 is 1.42 bits per heavy atom. The Morgan fingerprint density at radius 2 is 1.83 bits per heavy atom. The van der Waals surface area contributed by atoms with Crippen LogP contribution in [0.4, 0.5) is 0 Å². The molecule has 0 saturated carbocycles. The number of hydrogen-bond acceptors (Lipinski definition) is 3. The predicted octanol–water partition coefficient (Wildman–Crippen LogP) is 0.985. The van der Waals surface area contributed by atoms with Gasteiger partial charge in [0.2, 0.25) is 0 Å². The van der Waals surface area contributed by atoms with Crippen LogP contribution in [0.15, 0.2) is 0 Å². The van der Waals surface area contributed by atoms with E-state index in [1.807, 2.05) is 0 Å². The van der Waals surface area contributed by atoms with Crippen LogP contribution in [0.1, 0.15) is 34.1 Å². The number of aliphatic hydroxyl groups is 1. The lowest BCUT2D eigenvalue weighted by atomic mass is 10.1. The van der Waals surface area contributed by atoms with Gasteiger partial charge in [0.25, 0.3) is 5.79 Å². The van der Waals surface area contributed by atoms with E-state index in [-0.39, 0.29) is 6.42 Å². The average molecular weight is 176 g/mol. The lowest BCUT2D eigenvalue weighted by molar-refractivity contribution is -0.256. The molecule has 0 aliphatic heterocycles. The molecular formula is C8H16O4. The first-order valence-corrected chi connectivity index (χ1v) is 3.87. The van der Waals surface area contributed by atoms with Gasteiger partial charge in [-0.15, -0.1) is 0 Å². The van der Waals surface area contributed by atoms with Crippen molar-refractivity contribution in [2.24, 2.45) is 0 Å². The van der Waals surface area contributed by atoms with Gasteiger partial charge in [-0.3, -0.25) is 0 Å². The van der Waals surface area contributed by atoms with E-state index in [9.17, 15) is 9.90 Å². The predicted molar refractivity (Wildman–Crippen MR) is 43.7 cm³/mol. The van der Waals surface area contributed by atoms with Gasteiger partial charge in [0.05, 0.1) is 5.60 Å². The van der Waals surface area contributed by atoms with Gasteiger partial charge in [0.15, 0.2) is 0 Å². The van der Waals surface area contributed by atoms with Crippen molar-refractivity contribution in [2.75, 3.05) is 0 Å². The summed E-state index contributed by atoms with van der Waals surface area (Å²) in [5, 5.41) is 18.0. The molecule has 72 valence electrons. The summed E-state index contributed by atoms with van der Waals surface area (Å²) in [7, 11) is 0. The highest BCUT2D eigenvalue weighted by molar-refractivity contribution is 5.75. The molecule has 1 unspecified atom stereocenters. The molecule has 0 fully saturated rings. The highest BCUT2D eigenvalue weighted by Gasteiger charge is 2.39. The summed E-state index contributed by atoms with van der Waals surface area (Å²) in [4.78, 5) is 10.6. The number of ether oxygens (including phenoxy) is 1. The van der Waals surface area contributed by atoms with Crippen LogP contribution in [0.2, 0.25) is 0 Å². The fourth-order valence-electron chi connectivity index (χ4n) is 0.774. The van der Waals surface area contributed by atoms with E-state index in [1.54, 1.807) is 27.7 Å². The van der Waals surface area contributed by atoms with Gasteiger partial charge in [-0.05, 0) is 20.8 Å². The zero-order valence-electron chi connectivity index (χ0n) is 7.92. The summed E-state index contributed by atoms with van der Waals surface area (Å²) in [6.45, 7) is 6.63. The molecule has 0 aromatic carbocycles. The molecule has 0 aromatic heterocycles. The first-order valence-electron chi connectivity index (χ1n) is 3.87. The topological polar surface area (TPSA) is 66.8 Å². The van der Waals surface area contributed by atoms with Crippen LogP contribution in [0.5, 0.6) is 0 Å². The van der Waals surface area contributed by atoms with Crippen molar-refractivity contribution in [1.82, 2.24) is 0 Å². The molecule has 0 heterocycles. The van der Waals surface area contributed by atoms with E-state index < -0.39 is 17.4 Å². The molecule has 0 aliphatic rings. The molecule has 4 heteroatoms. The Labute approximate surface area is 72.2 Å². The van der Waals surface area contributed by atoms with Crippen LogP contribution < -0.4 is 0 Å². The van der Waals surface area contributed by atoms with Gasteiger partial charge >= 0.3 is 5.97 Å². The summed E-state index contributed by atoms with van der Waals surface area (Å²) < 4.78 is 4.99. The molecule has 0 bridgehead atoms. The van der Waals surface area contributed by atoms with E-state index in [0.717, 1.165) is 0 Å². The Kier molecular flexibility index (Phi) is 3.24. The van der Waals surface area contributed by atoms with Gasteiger partial charge in [-0.25, -0.2) is 4.79 Å². The summed E-state index contributed by atoms with van der Waals surface area (Å²) in [6.07, 6.45) is 0.0274. The first kappa shape index (κ1) is 11.4. The van der Waals surface area contributed by atoms with Crippen molar-refractivity contribution in [3.8, 4) is 0 Å². The average Bonchev–Trinajstić information content (AvgIpc) is 1.83. The van der Waals surface area contributed by atoms with E-state index in [4.69, 9.17) is 9.84 Å². The molecule has 0 aliphatic carbocycles. The number of hydrogen-bond donors (Lipinski definition) is 2. The third kappa shape index (κ3) is 3.19. The maximum Gasteiger partial charge on any atom is 0.364 e. The SMILES string of the molecule is CCC(O)(OC(C)(C)C)C(=O)O. The fraction of sp³-hybridized carbons (Fsp3) is 0.875. The lowest BCUT2D eigenvalue weighted by Crippen LogP contribution is -2.46. The largest absolute Gasteiger partial charge is 0.477 e. The van der Waals surface area contributed by atoms with Crippen LogP contribution in [0.3, 0.4) is 0 Å². The second kappa shape index (κ2) is 3.41. The minimum Gasteiger partial charge on any atom is -0.477 e. The van der Waals surface area contributed by atoms with Crippen molar-refractivity contribution >= 4 is 5.97 Å². The molecule has 0 spiro atoms. The van der Waals surface area contributed by atoms with Crippen molar-refractivity contribution in [1.29, 1.82) is 0 Å². The number of carboxylic acid groups (broad SMARTS) is 1. The summed E-state index contributed by atoms with van der Waals surface area (Å²) >= 11 is 0. The molecule has 12 heavy (non-hydrogen) atoms. The third-order valence-electron chi connectivity index (χ3n) is 1.29. The van der Waals surface area contributed by atoms with Crippen molar-refractivity contribution in [3.63, 3.8) is 0 Å². The van der Waals surface area contributed by atoms with Crippen molar-refractivity contribution in [2.45, 2.75) is 45.5 Å². The molecule has 2 N–H and O–H groups in total. The Bertz CT molecular complexity index is 170. The quantitative estimate of drug-likeness (QED) is 0.629. The standard InChI is InChI=1S/C8H16O4/c1-5-8(11,6(9)10)12-7(2,3)4/h11H,5H2,1-4H3,(H,9,10). The van der Waals surface area contributed by atoms with Crippen molar-refractivity contribution in [3.05, 3.63) is 0 Å². The zero-order chi connectivity index (χ0) is 9.99. The number of carbonyl (C=O) groups is 1. The number of carboxylic acids is 1. The minimum atomic E-state index is -2.06. The van der Waals surface area contributed by atoms with Gasteiger partial charge in [0.1, 0.15) is 0 Å². The molecular weight excluding hydrogens is 160 g/mol. The van der Waals surface area contributed by atoms with E-state index in [1.165, 1.54) is 0 Å². The molecule has 0 saturated heterocycles. The smallest absolute Gasteiger partial charge is 0.364 e. The molecule has 0 rings (SSSR count). The number of aliphatic carboxylic acids is 1. The second-order valence-corrected chi connectivity index (χ2v) is 3.66. The van der Waals surface area contributed by atoms with E-state index in [2.05, 4.69) is 0 Å². The number of rotatable bonds is 3. The zero-order valence-corrected chi connectivity index (χ0v) is 7.92. The molecule has 0 radical (unpaired) electrons. The lowest BCUT2D eigenvalue weighted by Gasteiger charge is -2.30. The maximum absolute atomic E-state index is 10.6. The van der Waals surface area contributed by atoms with Crippen LogP contribution in [0, 0.1) is 0 Å². The Hall–Kier alpha value is -0.610. The molecule has 1 atom stereocenters. The third-order valence-corrected chi connectivity index (χ3v) is 1.29. The minimum absolute atomic E-state index is 0.0274. The summed E-state index contributed by atoms with van der Waals surface area (Å²) in [5.74, 6) is -3.40.